The molecule has 1 heterocycles. The van der Waals surface area contributed by atoms with Crippen molar-refractivity contribution in [1.82, 2.24) is 10.3 Å². The standard InChI is InChI=1S/C15H20N2S/c1-12(2)9-16-10-15-17-14(11-18-15)8-13-6-4-3-5-7-13/h3-7,11-12,16H,8-10H2,1-2H3. The average Bonchev–Trinajstić information content (AvgIpc) is 2.78. The Morgan fingerprint density at radius 2 is 2.00 bits per heavy atom. The molecule has 2 nitrogen and oxygen atoms in total. The number of hydrogen-bond acceptors (Lipinski definition) is 3. The molecule has 1 aromatic heterocycles. The molecule has 0 aliphatic carbocycles. The van der Waals surface area contributed by atoms with Gasteiger partial charge in [0.15, 0.2) is 0 Å². The van der Waals surface area contributed by atoms with E-state index in [1.807, 2.05) is 6.07 Å². The van der Waals surface area contributed by atoms with Crippen LogP contribution in [-0.2, 0) is 13.0 Å². The predicted molar refractivity (Wildman–Crippen MR) is 77.9 cm³/mol. The van der Waals surface area contributed by atoms with E-state index >= 15 is 0 Å². The van der Waals surface area contributed by atoms with Crippen molar-refractivity contribution in [3.05, 3.63) is 52.0 Å². The van der Waals surface area contributed by atoms with Crippen LogP contribution in [0.25, 0.3) is 0 Å². The normalized spacial score (nSPS) is 11.1. The molecule has 3 heteroatoms. The molecule has 2 rings (SSSR count). The van der Waals surface area contributed by atoms with E-state index in [1.54, 1.807) is 11.3 Å². The van der Waals surface area contributed by atoms with Crippen LogP contribution in [0, 0.1) is 5.92 Å². The van der Waals surface area contributed by atoms with Crippen molar-refractivity contribution in [1.29, 1.82) is 0 Å². The summed E-state index contributed by atoms with van der Waals surface area (Å²) in [6.07, 6.45) is 0.932. The van der Waals surface area contributed by atoms with E-state index in [9.17, 15) is 0 Å². The second kappa shape index (κ2) is 6.66. The molecule has 0 aliphatic rings. The van der Waals surface area contributed by atoms with Gasteiger partial charge in [0.1, 0.15) is 5.01 Å². The minimum absolute atomic E-state index is 0.689. The predicted octanol–water partition coefficient (Wildman–Crippen LogP) is 3.48. The summed E-state index contributed by atoms with van der Waals surface area (Å²) in [6, 6.07) is 10.5. The van der Waals surface area contributed by atoms with Crippen molar-refractivity contribution in [3.8, 4) is 0 Å². The van der Waals surface area contributed by atoms with E-state index in [2.05, 4.69) is 53.8 Å². The largest absolute Gasteiger partial charge is 0.310 e. The van der Waals surface area contributed by atoms with Crippen LogP contribution in [0.1, 0.15) is 30.1 Å². The number of hydrogen-bond donors (Lipinski definition) is 1. The molecule has 0 aliphatic heterocycles. The first-order valence-electron chi connectivity index (χ1n) is 6.42. The van der Waals surface area contributed by atoms with Crippen LogP contribution < -0.4 is 5.32 Å². The van der Waals surface area contributed by atoms with E-state index in [0.717, 1.165) is 19.5 Å². The summed E-state index contributed by atoms with van der Waals surface area (Å²) in [6.45, 7) is 6.37. The molecular formula is C15H20N2S. The molecule has 0 spiro atoms. The highest BCUT2D eigenvalue weighted by atomic mass is 32.1. The van der Waals surface area contributed by atoms with Gasteiger partial charge in [0.05, 0.1) is 5.69 Å². The Kier molecular flexibility index (Phi) is 4.90. The topological polar surface area (TPSA) is 24.9 Å². The summed E-state index contributed by atoms with van der Waals surface area (Å²) in [5.74, 6) is 0.689. The van der Waals surface area contributed by atoms with Crippen molar-refractivity contribution in [2.24, 2.45) is 5.92 Å². The summed E-state index contributed by atoms with van der Waals surface area (Å²) in [7, 11) is 0. The zero-order valence-corrected chi connectivity index (χ0v) is 11.8. The average molecular weight is 260 g/mol. The zero-order valence-electron chi connectivity index (χ0n) is 11.0. The maximum absolute atomic E-state index is 4.66. The molecule has 0 radical (unpaired) electrons. The van der Waals surface area contributed by atoms with Gasteiger partial charge in [0.25, 0.3) is 0 Å². The van der Waals surface area contributed by atoms with Crippen molar-refractivity contribution >= 4 is 11.3 Å². The van der Waals surface area contributed by atoms with Gasteiger partial charge < -0.3 is 5.32 Å². The highest BCUT2D eigenvalue weighted by Gasteiger charge is 2.03. The number of aromatic nitrogens is 1. The van der Waals surface area contributed by atoms with Crippen LogP contribution in [0.2, 0.25) is 0 Å². The van der Waals surface area contributed by atoms with Gasteiger partial charge in [-0.1, -0.05) is 44.2 Å². The molecule has 1 aromatic carbocycles. The van der Waals surface area contributed by atoms with Crippen molar-refractivity contribution in [3.63, 3.8) is 0 Å². The van der Waals surface area contributed by atoms with Crippen LogP contribution in [0.15, 0.2) is 35.7 Å². The van der Waals surface area contributed by atoms with Crippen molar-refractivity contribution in [2.75, 3.05) is 6.54 Å². The van der Waals surface area contributed by atoms with E-state index < -0.39 is 0 Å². The van der Waals surface area contributed by atoms with Crippen LogP contribution in [-0.4, -0.2) is 11.5 Å². The Bertz CT molecular complexity index is 462. The summed E-state index contributed by atoms with van der Waals surface area (Å²) < 4.78 is 0. The number of benzene rings is 1. The maximum atomic E-state index is 4.66. The van der Waals surface area contributed by atoms with Crippen molar-refractivity contribution < 1.29 is 0 Å². The lowest BCUT2D eigenvalue weighted by atomic mass is 10.1. The molecular weight excluding hydrogens is 240 g/mol. The highest BCUT2D eigenvalue weighted by molar-refractivity contribution is 7.09. The van der Waals surface area contributed by atoms with Gasteiger partial charge in [-0.05, 0) is 18.0 Å². The zero-order chi connectivity index (χ0) is 12.8. The van der Waals surface area contributed by atoms with E-state index in [0.29, 0.717) is 5.92 Å². The first-order valence-corrected chi connectivity index (χ1v) is 7.30. The van der Waals surface area contributed by atoms with E-state index in [4.69, 9.17) is 0 Å². The quantitative estimate of drug-likeness (QED) is 0.860. The van der Waals surface area contributed by atoms with Gasteiger partial charge in [-0.3, -0.25) is 0 Å². The lowest BCUT2D eigenvalue weighted by molar-refractivity contribution is 0.551. The molecule has 2 aromatic rings. The Balaban J connectivity index is 1.86. The minimum Gasteiger partial charge on any atom is -0.310 e. The third-order valence-electron chi connectivity index (χ3n) is 2.66. The monoisotopic (exact) mass is 260 g/mol. The Labute approximate surface area is 113 Å². The van der Waals surface area contributed by atoms with Crippen LogP contribution in [0.4, 0.5) is 0 Å². The molecule has 0 amide bonds. The summed E-state index contributed by atoms with van der Waals surface area (Å²) in [4.78, 5) is 4.66. The Morgan fingerprint density at radius 3 is 2.72 bits per heavy atom. The molecule has 96 valence electrons. The van der Waals surface area contributed by atoms with Gasteiger partial charge in [0.2, 0.25) is 0 Å². The first kappa shape index (κ1) is 13.2. The number of thiazole rings is 1. The fourth-order valence-electron chi connectivity index (χ4n) is 1.78. The van der Waals surface area contributed by atoms with Crippen LogP contribution in [0.3, 0.4) is 0 Å². The smallest absolute Gasteiger partial charge is 0.107 e. The molecule has 1 N–H and O–H groups in total. The molecule has 0 atom stereocenters. The maximum Gasteiger partial charge on any atom is 0.107 e. The van der Waals surface area contributed by atoms with Gasteiger partial charge in [0, 0.05) is 18.3 Å². The second-order valence-electron chi connectivity index (χ2n) is 4.92. The van der Waals surface area contributed by atoms with Gasteiger partial charge in [-0.15, -0.1) is 11.3 Å². The SMILES string of the molecule is CC(C)CNCc1nc(Cc2ccccc2)cs1. The summed E-state index contributed by atoms with van der Waals surface area (Å²) in [5, 5.41) is 6.77. The Hall–Kier alpha value is -1.19. The van der Waals surface area contributed by atoms with Crippen LogP contribution in [0.5, 0.6) is 0 Å². The van der Waals surface area contributed by atoms with Gasteiger partial charge >= 0.3 is 0 Å². The Morgan fingerprint density at radius 1 is 1.22 bits per heavy atom. The fourth-order valence-corrected chi connectivity index (χ4v) is 2.55. The molecule has 0 saturated heterocycles. The number of nitrogens with one attached hydrogen (secondary N) is 1. The molecule has 0 fully saturated rings. The summed E-state index contributed by atoms with van der Waals surface area (Å²) >= 11 is 1.75. The number of rotatable bonds is 6. The molecule has 0 bridgehead atoms. The molecule has 0 saturated carbocycles. The number of nitrogens with zero attached hydrogens (tertiary/aromatic N) is 1. The lowest BCUT2D eigenvalue weighted by Gasteiger charge is -2.04. The lowest BCUT2D eigenvalue weighted by Crippen LogP contribution is -2.18. The van der Waals surface area contributed by atoms with E-state index in [1.165, 1.54) is 16.3 Å². The van der Waals surface area contributed by atoms with Crippen molar-refractivity contribution in [2.45, 2.75) is 26.8 Å². The minimum atomic E-state index is 0.689. The third-order valence-corrected chi connectivity index (χ3v) is 3.55. The highest BCUT2D eigenvalue weighted by Crippen LogP contribution is 2.13. The van der Waals surface area contributed by atoms with Crippen LogP contribution >= 0.6 is 11.3 Å². The first-order chi connectivity index (χ1) is 8.74. The molecule has 18 heavy (non-hydrogen) atoms. The van der Waals surface area contributed by atoms with Gasteiger partial charge in [-0.2, -0.15) is 0 Å². The fraction of sp³-hybridized carbons (Fsp3) is 0.400. The van der Waals surface area contributed by atoms with Gasteiger partial charge in [-0.25, -0.2) is 4.98 Å². The third kappa shape index (κ3) is 4.24. The van der Waals surface area contributed by atoms with E-state index in [-0.39, 0.29) is 0 Å². The molecule has 0 unspecified atom stereocenters. The second-order valence-corrected chi connectivity index (χ2v) is 5.86. The summed E-state index contributed by atoms with van der Waals surface area (Å²) in [5.41, 5.74) is 2.50.